The number of hydrogen-bond acceptors (Lipinski definition) is 3. The summed E-state index contributed by atoms with van der Waals surface area (Å²) in [5.74, 6) is 0.914. The van der Waals surface area contributed by atoms with Crippen molar-refractivity contribution in [2.45, 2.75) is 20.3 Å². The molecule has 0 bridgehead atoms. The molecule has 1 heterocycles. The van der Waals surface area contributed by atoms with Crippen LogP contribution in [0.4, 0.5) is 5.69 Å². The molecule has 1 aliphatic rings. The van der Waals surface area contributed by atoms with Gasteiger partial charge in [-0.1, -0.05) is 36.8 Å². The maximum atomic E-state index is 5.71. The molecule has 3 rings (SSSR count). The minimum absolute atomic E-state index is 0.755. The highest BCUT2D eigenvalue weighted by molar-refractivity contribution is 7.80. The van der Waals surface area contributed by atoms with E-state index in [9.17, 15) is 0 Å². The molecule has 0 aliphatic carbocycles. The quantitative estimate of drug-likeness (QED) is 0.744. The van der Waals surface area contributed by atoms with Crippen molar-refractivity contribution in [3.63, 3.8) is 0 Å². The van der Waals surface area contributed by atoms with Crippen LogP contribution in [0.1, 0.15) is 24.5 Å². The first kappa shape index (κ1) is 17.7. The fourth-order valence-corrected chi connectivity index (χ4v) is 3.34. The van der Waals surface area contributed by atoms with E-state index in [4.69, 9.17) is 17.0 Å². The number of aryl methyl sites for hydroxylation is 1. The van der Waals surface area contributed by atoms with Crippen molar-refractivity contribution in [1.82, 2.24) is 4.90 Å². The maximum absolute atomic E-state index is 5.71. The molecule has 1 fully saturated rings. The SMILES string of the molecule is CCCOc1ccc(C(=S)N2CCN(c3ccc(C)cc3)CC2)cc1. The van der Waals surface area contributed by atoms with Crippen LogP contribution in [0, 0.1) is 6.92 Å². The molecular weight excluding hydrogens is 328 g/mol. The normalized spacial score (nSPS) is 14.5. The summed E-state index contributed by atoms with van der Waals surface area (Å²) in [5, 5.41) is 0. The van der Waals surface area contributed by atoms with Gasteiger partial charge < -0.3 is 14.5 Å². The summed E-state index contributed by atoms with van der Waals surface area (Å²) in [6.45, 7) is 8.91. The fraction of sp³-hybridized carbons (Fsp3) is 0.381. The van der Waals surface area contributed by atoms with Crippen LogP contribution in [0.3, 0.4) is 0 Å². The third kappa shape index (κ3) is 4.51. The lowest BCUT2D eigenvalue weighted by atomic mass is 10.1. The van der Waals surface area contributed by atoms with E-state index < -0.39 is 0 Å². The first-order valence-corrected chi connectivity index (χ1v) is 9.42. The van der Waals surface area contributed by atoms with E-state index in [1.54, 1.807) is 0 Å². The number of hydrogen-bond donors (Lipinski definition) is 0. The van der Waals surface area contributed by atoms with E-state index in [1.165, 1.54) is 11.3 Å². The number of piperazine rings is 1. The van der Waals surface area contributed by atoms with Crippen LogP contribution in [0.15, 0.2) is 48.5 Å². The highest BCUT2D eigenvalue weighted by atomic mass is 32.1. The molecule has 1 aliphatic heterocycles. The van der Waals surface area contributed by atoms with Crippen LogP contribution in [0.25, 0.3) is 0 Å². The average Bonchev–Trinajstić information content (AvgIpc) is 2.67. The Morgan fingerprint density at radius 2 is 1.60 bits per heavy atom. The lowest BCUT2D eigenvalue weighted by molar-refractivity contribution is 0.317. The zero-order chi connectivity index (χ0) is 17.6. The minimum atomic E-state index is 0.755. The van der Waals surface area contributed by atoms with E-state index in [1.807, 2.05) is 12.1 Å². The second-order valence-corrected chi connectivity index (χ2v) is 6.87. The van der Waals surface area contributed by atoms with Crippen molar-refractivity contribution >= 4 is 22.9 Å². The van der Waals surface area contributed by atoms with Crippen LogP contribution < -0.4 is 9.64 Å². The average molecular weight is 355 g/mol. The van der Waals surface area contributed by atoms with Crippen molar-refractivity contribution in [3.8, 4) is 5.75 Å². The maximum Gasteiger partial charge on any atom is 0.119 e. The van der Waals surface area contributed by atoms with Gasteiger partial charge >= 0.3 is 0 Å². The van der Waals surface area contributed by atoms with E-state index in [0.29, 0.717) is 0 Å². The lowest BCUT2D eigenvalue weighted by Gasteiger charge is -2.37. The zero-order valence-corrected chi connectivity index (χ0v) is 15.9. The number of ether oxygens (including phenoxy) is 1. The summed E-state index contributed by atoms with van der Waals surface area (Å²) in [6, 6.07) is 16.9. The van der Waals surface area contributed by atoms with Gasteiger partial charge in [-0.05, 0) is 49.7 Å². The van der Waals surface area contributed by atoms with Gasteiger partial charge in [0.05, 0.1) is 6.61 Å². The van der Waals surface area contributed by atoms with E-state index in [2.05, 4.69) is 60.0 Å². The first-order chi connectivity index (χ1) is 12.2. The van der Waals surface area contributed by atoms with Gasteiger partial charge in [0, 0.05) is 37.4 Å². The molecule has 2 aromatic rings. The van der Waals surface area contributed by atoms with E-state index in [-0.39, 0.29) is 0 Å². The number of anilines is 1. The molecular formula is C21H26N2OS. The van der Waals surface area contributed by atoms with Crippen molar-refractivity contribution < 1.29 is 4.74 Å². The van der Waals surface area contributed by atoms with Crippen LogP contribution in [0.2, 0.25) is 0 Å². The highest BCUT2D eigenvalue weighted by Gasteiger charge is 2.20. The Kier molecular flexibility index (Phi) is 5.92. The molecule has 0 amide bonds. The summed E-state index contributed by atoms with van der Waals surface area (Å²) < 4.78 is 5.64. The van der Waals surface area contributed by atoms with Gasteiger partial charge in [0.2, 0.25) is 0 Å². The Morgan fingerprint density at radius 3 is 2.20 bits per heavy atom. The largest absolute Gasteiger partial charge is 0.494 e. The van der Waals surface area contributed by atoms with Gasteiger partial charge in [0.1, 0.15) is 10.7 Å². The number of thiocarbonyl (C=S) groups is 1. The summed E-state index contributed by atoms with van der Waals surface area (Å²) in [4.78, 5) is 5.67. The van der Waals surface area contributed by atoms with E-state index >= 15 is 0 Å². The molecule has 1 saturated heterocycles. The molecule has 2 aromatic carbocycles. The standard InChI is InChI=1S/C21H26N2OS/c1-3-16-24-20-10-6-18(7-11-20)21(25)23-14-12-22(13-15-23)19-8-4-17(2)5-9-19/h4-11H,3,12-16H2,1-2H3. The fourth-order valence-electron chi connectivity index (χ4n) is 3.02. The predicted molar refractivity (Wildman–Crippen MR) is 109 cm³/mol. The van der Waals surface area contributed by atoms with Gasteiger partial charge in [-0.25, -0.2) is 0 Å². The molecule has 0 radical (unpaired) electrons. The first-order valence-electron chi connectivity index (χ1n) is 9.01. The summed E-state index contributed by atoms with van der Waals surface area (Å²) >= 11 is 5.71. The van der Waals surface area contributed by atoms with Gasteiger partial charge in [-0.15, -0.1) is 0 Å². The minimum Gasteiger partial charge on any atom is -0.494 e. The molecule has 0 atom stereocenters. The highest BCUT2D eigenvalue weighted by Crippen LogP contribution is 2.19. The van der Waals surface area contributed by atoms with Crippen LogP contribution in [-0.2, 0) is 0 Å². The topological polar surface area (TPSA) is 15.7 Å². The Bertz CT molecular complexity index is 689. The van der Waals surface area contributed by atoms with Crippen LogP contribution >= 0.6 is 12.2 Å². The monoisotopic (exact) mass is 354 g/mol. The Balaban J connectivity index is 1.56. The Hall–Kier alpha value is -2.07. The molecule has 0 spiro atoms. The van der Waals surface area contributed by atoms with E-state index in [0.717, 1.165) is 55.5 Å². The molecule has 0 N–H and O–H groups in total. The van der Waals surface area contributed by atoms with Gasteiger partial charge in [-0.3, -0.25) is 0 Å². The Labute approximate surface area is 156 Å². The number of benzene rings is 2. The second-order valence-electron chi connectivity index (χ2n) is 6.49. The summed E-state index contributed by atoms with van der Waals surface area (Å²) in [6.07, 6.45) is 1.02. The van der Waals surface area contributed by atoms with Crippen molar-refractivity contribution in [2.24, 2.45) is 0 Å². The third-order valence-corrected chi connectivity index (χ3v) is 5.03. The third-order valence-electron chi connectivity index (χ3n) is 4.54. The number of nitrogens with zero attached hydrogens (tertiary/aromatic N) is 2. The second kappa shape index (κ2) is 8.34. The smallest absolute Gasteiger partial charge is 0.119 e. The van der Waals surface area contributed by atoms with Crippen LogP contribution in [0.5, 0.6) is 5.75 Å². The summed E-state index contributed by atoms with van der Waals surface area (Å²) in [5.41, 5.74) is 3.70. The molecule has 25 heavy (non-hydrogen) atoms. The van der Waals surface area contributed by atoms with Crippen molar-refractivity contribution in [1.29, 1.82) is 0 Å². The number of rotatable bonds is 5. The predicted octanol–water partition coefficient (Wildman–Crippen LogP) is 4.28. The van der Waals surface area contributed by atoms with Crippen molar-refractivity contribution in [2.75, 3.05) is 37.7 Å². The van der Waals surface area contributed by atoms with Crippen molar-refractivity contribution in [3.05, 3.63) is 59.7 Å². The zero-order valence-electron chi connectivity index (χ0n) is 15.1. The summed E-state index contributed by atoms with van der Waals surface area (Å²) in [7, 11) is 0. The lowest BCUT2D eigenvalue weighted by Crippen LogP contribution is -2.48. The van der Waals surface area contributed by atoms with Gasteiger partial charge in [-0.2, -0.15) is 0 Å². The molecule has 0 aromatic heterocycles. The van der Waals surface area contributed by atoms with Gasteiger partial charge in [0.15, 0.2) is 0 Å². The van der Waals surface area contributed by atoms with Crippen LogP contribution in [-0.4, -0.2) is 42.7 Å². The molecule has 0 unspecified atom stereocenters. The van der Waals surface area contributed by atoms with Gasteiger partial charge in [0.25, 0.3) is 0 Å². The molecule has 0 saturated carbocycles. The molecule has 4 heteroatoms. The molecule has 3 nitrogen and oxygen atoms in total. The molecule has 132 valence electrons. The Morgan fingerprint density at radius 1 is 0.960 bits per heavy atom.